The lowest BCUT2D eigenvalue weighted by Crippen LogP contribution is -2.30. The first kappa shape index (κ1) is 15.4. The first-order valence-corrected chi connectivity index (χ1v) is 7.07. The standard InChI is InChI=1S/C16H23N3O2/c1-12-10-16(19(6-8-20)7-9-21)13(11-14(12)17)15-4-3-5-18(15)2/h3-5,10-11,20-21H,6-9,17H2,1-2H3. The van der Waals surface area contributed by atoms with Crippen molar-refractivity contribution in [1.82, 2.24) is 4.57 Å². The normalized spacial score (nSPS) is 10.9. The molecule has 1 aromatic heterocycles. The molecule has 0 aliphatic heterocycles. The highest BCUT2D eigenvalue weighted by Gasteiger charge is 2.15. The Bertz CT molecular complexity index is 602. The van der Waals surface area contributed by atoms with E-state index in [-0.39, 0.29) is 13.2 Å². The first-order valence-electron chi connectivity index (χ1n) is 7.07. The van der Waals surface area contributed by atoms with Gasteiger partial charge in [-0.15, -0.1) is 0 Å². The molecule has 0 saturated heterocycles. The molecular weight excluding hydrogens is 266 g/mol. The van der Waals surface area contributed by atoms with Gasteiger partial charge in [-0.25, -0.2) is 0 Å². The van der Waals surface area contributed by atoms with Crippen molar-refractivity contribution in [1.29, 1.82) is 0 Å². The number of aliphatic hydroxyl groups excluding tert-OH is 2. The highest BCUT2D eigenvalue weighted by Crippen LogP contribution is 2.34. The summed E-state index contributed by atoms with van der Waals surface area (Å²) in [4.78, 5) is 1.98. The second kappa shape index (κ2) is 6.65. The summed E-state index contributed by atoms with van der Waals surface area (Å²) in [6, 6.07) is 7.99. The maximum absolute atomic E-state index is 9.27. The van der Waals surface area contributed by atoms with E-state index in [1.807, 2.05) is 53.9 Å². The van der Waals surface area contributed by atoms with E-state index in [9.17, 15) is 10.2 Å². The lowest BCUT2D eigenvalue weighted by Gasteiger charge is -2.27. The summed E-state index contributed by atoms with van der Waals surface area (Å²) in [5.74, 6) is 0. The van der Waals surface area contributed by atoms with E-state index in [0.29, 0.717) is 13.1 Å². The summed E-state index contributed by atoms with van der Waals surface area (Å²) in [7, 11) is 1.98. The molecule has 4 N–H and O–H groups in total. The van der Waals surface area contributed by atoms with Crippen LogP contribution in [0, 0.1) is 6.92 Å². The largest absolute Gasteiger partial charge is 0.398 e. The molecule has 5 nitrogen and oxygen atoms in total. The Morgan fingerprint density at radius 3 is 2.38 bits per heavy atom. The van der Waals surface area contributed by atoms with E-state index >= 15 is 0 Å². The fourth-order valence-corrected chi connectivity index (χ4v) is 2.51. The Morgan fingerprint density at radius 2 is 1.86 bits per heavy atom. The van der Waals surface area contributed by atoms with Gasteiger partial charge < -0.3 is 25.4 Å². The fraction of sp³-hybridized carbons (Fsp3) is 0.375. The van der Waals surface area contributed by atoms with Gasteiger partial charge in [0.2, 0.25) is 0 Å². The number of hydrogen-bond acceptors (Lipinski definition) is 4. The predicted molar refractivity (Wildman–Crippen MR) is 86.4 cm³/mol. The molecule has 0 unspecified atom stereocenters. The van der Waals surface area contributed by atoms with Gasteiger partial charge in [-0.2, -0.15) is 0 Å². The number of hydrogen-bond donors (Lipinski definition) is 3. The molecule has 0 radical (unpaired) electrons. The zero-order chi connectivity index (χ0) is 15.4. The van der Waals surface area contributed by atoms with Crippen LogP contribution in [-0.4, -0.2) is 41.1 Å². The topological polar surface area (TPSA) is 74.7 Å². The summed E-state index contributed by atoms with van der Waals surface area (Å²) in [6.45, 7) is 2.98. The predicted octanol–water partition coefficient (Wildman–Crippen LogP) is 1.37. The quantitative estimate of drug-likeness (QED) is 0.702. The summed E-state index contributed by atoms with van der Waals surface area (Å²) < 4.78 is 2.03. The summed E-state index contributed by atoms with van der Waals surface area (Å²) in [6.07, 6.45) is 1.98. The number of nitrogens with two attached hydrogens (primary N) is 1. The maximum atomic E-state index is 9.27. The maximum Gasteiger partial charge on any atom is 0.0606 e. The van der Waals surface area contributed by atoms with Crippen LogP contribution in [0.2, 0.25) is 0 Å². The molecule has 5 heteroatoms. The lowest BCUT2D eigenvalue weighted by molar-refractivity contribution is 0.281. The van der Waals surface area contributed by atoms with Gasteiger partial charge in [0, 0.05) is 49.0 Å². The third-order valence-electron chi connectivity index (χ3n) is 3.68. The minimum Gasteiger partial charge on any atom is -0.398 e. The average molecular weight is 289 g/mol. The molecule has 0 bridgehead atoms. The highest BCUT2D eigenvalue weighted by atomic mass is 16.3. The van der Waals surface area contributed by atoms with Crippen LogP contribution in [0.15, 0.2) is 30.5 Å². The second-order valence-electron chi connectivity index (χ2n) is 5.16. The smallest absolute Gasteiger partial charge is 0.0606 e. The Kier molecular flexibility index (Phi) is 4.88. The molecule has 21 heavy (non-hydrogen) atoms. The molecule has 1 heterocycles. The molecule has 114 valence electrons. The van der Waals surface area contributed by atoms with Crippen LogP contribution in [-0.2, 0) is 7.05 Å². The Balaban J connectivity index is 2.57. The van der Waals surface area contributed by atoms with Crippen molar-refractivity contribution in [3.63, 3.8) is 0 Å². The van der Waals surface area contributed by atoms with Gasteiger partial charge in [-0.1, -0.05) is 0 Å². The molecule has 0 aliphatic carbocycles. The average Bonchev–Trinajstić information content (AvgIpc) is 2.87. The van der Waals surface area contributed by atoms with Gasteiger partial charge in [0.1, 0.15) is 0 Å². The van der Waals surface area contributed by atoms with Gasteiger partial charge in [-0.05, 0) is 36.8 Å². The van der Waals surface area contributed by atoms with Crippen molar-refractivity contribution in [2.75, 3.05) is 36.9 Å². The van der Waals surface area contributed by atoms with Crippen molar-refractivity contribution in [2.45, 2.75) is 6.92 Å². The number of aromatic nitrogens is 1. The van der Waals surface area contributed by atoms with Gasteiger partial charge in [-0.3, -0.25) is 0 Å². The van der Waals surface area contributed by atoms with Crippen LogP contribution < -0.4 is 10.6 Å². The first-order chi connectivity index (χ1) is 10.1. The minimum atomic E-state index is 0.0377. The van der Waals surface area contributed by atoms with Crippen LogP contribution in [0.5, 0.6) is 0 Å². The SMILES string of the molecule is Cc1cc(N(CCO)CCO)c(-c2cccn2C)cc1N. The number of nitrogen functional groups attached to an aromatic ring is 1. The molecule has 2 aromatic rings. The number of rotatable bonds is 6. The van der Waals surface area contributed by atoms with Gasteiger partial charge in [0.05, 0.1) is 13.2 Å². The van der Waals surface area contributed by atoms with Crippen molar-refractivity contribution >= 4 is 11.4 Å². The Morgan fingerprint density at radius 1 is 1.19 bits per heavy atom. The molecular formula is C16H23N3O2. The number of anilines is 2. The molecule has 0 aliphatic rings. The molecule has 2 rings (SSSR count). The van der Waals surface area contributed by atoms with Crippen molar-refractivity contribution < 1.29 is 10.2 Å². The van der Waals surface area contributed by atoms with Crippen molar-refractivity contribution in [2.24, 2.45) is 7.05 Å². The van der Waals surface area contributed by atoms with E-state index in [2.05, 4.69) is 0 Å². The molecule has 0 amide bonds. The van der Waals surface area contributed by atoms with Crippen LogP contribution in [0.4, 0.5) is 11.4 Å². The highest BCUT2D eigenvalue weighted by molar-refractivity contribution is 5.81. The van der Waals surface area contributed by atoms with Gasteiger partial charge in [0.15, 0.2) is 0 Å². The molecule has 0 spiro atoms. The monoisotopic (exact) mass is 289 g/mol. The number of aliphatic hydroxyl groups is 2. The molecule has 0 fully saturated rings. The number of benzene rings is 1. The Hall–Kier alpha value is -1.98. The van der Waals surface area contributed by atoms with Crippen LogP contribution in [0.25, 0.3) is 11.3 Å². The van der Waals surface area contributed by atoms with Crippen molar-refractivity contribution in [3.05, 3.63) is 36.0 Å². The van der Waals surface area contributed by atoms with Crippen molar-refractivity contribution in [3.8, 4) is 11.3 Å². The molecule has 0 saturated carbocycles. The number of nitrogens with zero attached hydrogens (tertiary/aromatic N) is 2. The third kappa shape index (κ3) is 3.20. The second-order valence-corrected chi connectivity index (χ2v) is 5.16. The minimum absolute atomic E-state index is 0.0377. The zero-order valence-corrected chi connectivity index (χ0v) is 12.6. The van der Waals surface area contributed by atoms with E-state index in [0.717, 1.165) is 28.2 Å². The van der Waals surface area contributed by atoms with E-state index in [1.165, 1.54) is 0 Å². The summed E-state index contributed by atoms with van der Waals surface area (Å²) >= 11 is 0. The zero-order valence-electron chi connectivity index (χ0n) is 12.6. The van der Waals surface area contributed by atoms with Gasteiger partial charge >= 0.3 is 0 Å². The fourth-order valence-electron chi connectivity index (χ4n) is 2.51. The Labute approximate surface area is 125 Å². The van der Waals surface area contributed by atoms with Crippen LogP contribution >= 0.6 is 0 Å². The summed E-state index contributed by atoms with van der Waals surface area (Å²) in [5, 5.41) is 18.5. The lowest BCUT2D eigenvalue weighted by atomic mass is 10.0. The van der Waals surface area contributed by atoms with Crippen LogP contribution in [0.3, 0.4) is 0 Å². The van der Waals surface area contributed by atoms with E-state index in [1.54, 1.807) is 0 Å². The van der Waals surface area contributed by atoms with Crippen LogP contribution in [0.1, 0.15) is 5.56 Å². The third-order valence-corrected chi connectivity index (χ3v) is 3.68. The van der Waals surface area contributed by atoms with E-state index in [4.69, 9.17) is 5.73 Å². The number of aryl methyl sites for hydroxylation is 2. The van der Waals surface area contributed by atoms with Gasteiger partial charge in [0.25, 0.3) is 0 Å². The molecule has 0 atom stereocenters. The molecule has 1 aromatic carbocycles. The summed E-state index contributed by atoms with van der Waals surface area (Å²) in [5.41, 5.74) is 10.8. The van der Waals surface area contributed by atoms with E-state index < -0.39 is 0 Å².